The van der Waals surface area contributed by atoms with Crippen LogP contribution in [0.25, 0.3) is 0 Å². The lowest BCUT2D eigenvalue weighted by molar-refractivity contribution is 0.154. The van der Waals surface area contributed by atoms with Gasteiger partial charge in [0.25, 0.3) is 0 Å². The van der Waals surface area contributed by atoms with Crippen molar-refractivity contribution >= 4 is 17.3 Å². The number of β-amino-alcohol motifs (C(OH)–C–C–N with tert-alkyl or cyclic N) is 1. The highest BCUT2D eigenvalue weighted by atomic mass is 35.5. The third-order valence-electron chi connectivity index (χ3n) is 3.59. The number of piperidine rings is 1. The average Bonchev–Trinajstić information content (AvgIpc) is 2.35. The third kappa shape index (κ3) is 4.37. The van der Waals surface area contributed by atoms with Crippen molar-refractivity contribution in [1.29, 1.82) is 0 Å². The van der Waals surface area contributed by atoms with Crippen molar-refractivity contribution in [2.45, 2.75) is 51.8 Å². The number of halogens is 1. The van der Waals surface area contributed by atoms with Gasteiger partial charge in [-0.1, -0.05) is 11.6 Å². The van der Waals surface area contributed by atoms with E-state index >= 15 is 0 Å². The first-order chi connectivity index (χ1) is 9.35. The van der Waals surface area contributed by atoms with Gasteiger partial charge in [-0.2, -0.15) is 0 Å². The Labute approximate surface area is 126 Å². The van der Waals surface area contributed by atoms with E-state index in [1.165, 1.54) is 11.3 Å². The Morgan fingerprint density at radius 1 is 1.40 bits per heavy atom. The molecule has 0 aromatic heterocycles. The van der Waals surface area contributed by atoms with Gasteiger partial charge in [0.1, 0.15) is 0 Å². The van der Waals surface area contributed by atoms with Crippen molar-refractivity contribution in [2.75, 3.05) is 18.0 Å². The number of hydrogen-bond donors (Lipinski definition) is 2. The van der Waals surface area contributed by atoms with Crippen LogP contribution in [0.4, 0.5) is 5.69 Å². The fraction of sp³-hybridized carbons (Fsp3) is 0.625. The molecule has 20 heavy (non-hydrogen) atoms. The number of nitrogens with one attached hydrogen (secondary N) is 1. The molecule has 0 bridgehead atoms. The molecule has 0 aliphatic carbocycles. The second-order valence-electron chi connectivity index (χ2n) is 6.62. The van der Waals surface area contributed by atoms with Crippen LogP contribution in [0.5, 0.6) is 0 Å². The van der Waals surface area contributed by atoms with Crippen LogP contribution in [0.15, 0.2) is 18.2 Å². The van der Waals surface area contributed by atoms with E-state index in [1.807, 2.05) is 12.1 Å². The van der Waals surface area contributed by atoms with Gasteiger partial charge in [0.15, 0.2) is 0 Å². The molecule has 2 N–H and O–H groups in total. The van der Waals surface area contributed by atoms with E-state index in [0.717, 1.165) is 31.0 Å². The first-order valence-electron chi connectivity index (χ1n) is 7.31. The summed E-state index contributed by atoms with van der Waals surface area (Å²) in [6, 6.07) is 6.02. The summed E-state index contributed by atoms with van der Waals surface area (Å²) in [6.07, 6.45) is 1.72. The fourth-order valence-corrected chi connectivity index (χ4v) is 2.73. The molecule has 0 saturated carbocycles. The fourth-order valence-electron chi connectivity index (χ4n) is 2.54. The van der Waals surface area contributed by atoms with Gasteiger partial charge in [-0.05, 0) is 57.4 Å². The molecule has 0 amide bonds. The highest BCUT2D eigenvalue weighted by Crippen LogP contribution is 2.27. The van der Waals surface area contributed by atoms with Crippen molar-refractivity contribution in [3.63, 3.8) is 0 Å². The standard InChI is InChI=1S/C16H25ClN2O/c1-16(2,3)18-10-12-9-13(17)6-7-15(12)19-8-4-5-14(20)11-19/h6-7,9,14,18,20H,4-5,8,10-11H2,1-3H3. The second-order valence-corrected chi connectivity index (χ2v) is 7.06. The van der Waals surface area contributed by atoms with Crippen LogP contribution in [0.2, 0.25) is 5.02 Å². The van der Waals surface area contributed by atoms with Crippen LogP contribution < -0.4 is 10.2 Å². The van der Waals surface area contributed by atoms with Crippen molar-refractivity contribution < 1.29 is 5.11 Å². The number of aliphatic hydroxyl groups is 1. The molecule has 1 atom stereocenters. The number of aliphatic hydroxyl groups excluding tert-OH is 1. The van der Waals surface area contributed by atoms with Crippen LogP contribution >= 0.6 is 11.6 Å². The second kappa shape index (κ2) is 6.33. The molecule has 112 valence electrons. The third-order valence-corrected chi connectivity index (χ3v) is 3.82. The van der Waals surface area contributed by atoms with Gasteiger partial charge in [-0.25, -0.2) is 0 Å². The molecule has 1 heterocycles. The predicted octanol–water partition coefficient (Wildman–Crippen LogP) is 3.19. The van der Waals surface area contributed by atoms with Crippen LogP contribution in [0, 0.1) is 0 Å². The molecule has 4 heteroatoms. The number of rotatable bonds is 3. The van der Waals surface area contributed by atoms with E-state index in [1.54, 1.807) is 0 Å². The molecule has 1 aliphatic heterocycles. The van der Waals surface area contributed by atoms with Gasteiger partial charge in [0, 0.05) is 35.9 Å². The van der Waals surface area contributed by atoms with E-state index in [2.05, 4.69) is 37.1 Å². The van der Waals surface area contributed by atoms with Crippen molar-refractivity contribution in [3.05, 3.63) is 28.8 Å². The van der Waals surface area contributed by atoms with Crippen LogP contribution in [-0.2, 0) is 6.54 Å². The van der Waals surface area contributed by atoms with Crippen molar-refractivity contribution in [1.82, 2.24) is 5.32 Å². The molecule has 1 unspecified atom stereocenters. The predicted molar refractivity (Wildman–Crippen MR) is 85.5 cm³/mol. The highest BCUT2D eigenvalue weighted by Gasteiger charge is 2.20. The molecular formula is C16H25ClN2O. The van der Waals surface area contributed by atoms with Crippen LogP contribution in [0.3, 0.4) is 0 Å². The SMILES string of the molecule is CC(C)(C)NCc1cc(Cl)ccc1N1CCCC(O)C1. The quantitative estimate of drug-likeness (QED) is 0.899. The maximum Gasteiger partial charge on any atom is 0.0715 e. The summed E-state index contributed by atoms with van der Waals surface area (Å²) < 4.78 is 0. The summed E-state index contributed by atoms with van der Waals surface area (Å²) in [7, 11) is 0. The van der Waals surface area contributed by atoms with Crippen molar-refractivity contribution in [3.8, 4) is 0 Å². The summed E-state index contributed by atoms with van der Waals surface area (Å²) in [4.78, 5) is 2.27. The van der Waals surface area contributed by atoms with E-state index in [4.69, 9.17) is 11.6 Å². The zero-order valence-corrected chi connectivity index (χ0v) is 13.4. The van der Waals surface area contributed by atoms with Gasteiger partial charge < -0.3 is 15.3 Å². The maximum absolute atomic E-state index is 9.86. The minimum absolute atomic E-state index is 0.0704. The van der Waals surface area contributed by atoms with Crippen LogP contribution in [-0.4, -0.2) is 29.8 Å². The normalized spacial score (nSPS) is 20.2. The number of benzene rings is 1. The zero-order valence-electron chi connectivity index (χ0n) is 12.6. The number of anilines is 1. The lowest BCUT2D eigenvalue weighted by atomic mass is 10.0. The van der Waals surface area contributed by atoms with Gasteiger partial charge >= 0.3 is 0 Å². The first-order valence-corrected chi connectivity index (χ1v) is 7.69. The topological polar surface area (TPSA) is 35.5 Å². The van der Waals surface area contributed by atoms with E-state index < -0.39 is 0 Å². The summed E-state index contributed by atoms with van der Waals surface area (Å²) in [5.41, 5.74) is 2.45. The van der Waals surface area contributed by atoms with Gasteiger partial charge in [-0.3, -0.25) is 0 Å². The number of hydrogen-bond acceptors (Lipinski definition) is 3. The van der Waals surface area contributed by atoms with Gasteiger partial charge in [0.05, 0.1) is 6.10 Å². The smallest absolute Gasteiger partial charge is 0.0715 e. The molecule has 1 aromatic carbocycles. The maximum atomic E-state index is 9.86. The lowest BCUT2D eigenvalue weighted by Crippen LogP contribution is -2.40. The largest absolute Gasteiger partial charge is 0.391 e. The minimum atomic E-state index is -0.220. The van der Waals surface area contributed by atoms with E-state index in [0.29, 0.717) is 6.54 Å². The molecule has 0 spiro atoms. The zero-order chi connectivity index (χ0) is 14.8. The molecule has 0 radical (unpaired) electrons. The lowest BCUT2D eigenvalue weighted by Gasteiger charge is -2.34. The van der Waals surface area contributed by atoms with Gasteiger partial charge in [0.2, 0.25) is 0 Å². The Bertz CT molecular complexity index is 456. The Hall–Kier alpha value is -0.770. The Morgan fingerprint density at radius 2 is 2.15 bits per heavy atom. The summed E-state index contributed by atoms with van der Waals surface area (Å²) in [5, 5.41) is 14.1. The molecule has 1 aromatic rings. The minimum Gasteiger partial charge on any atom is -0.391 e. The van der Waals surface area contributed by atoms with Crippen molar-refractivity contribution in [2.24, 2.45) is 0 Å². The molecular weight excluding hydrogens is 272 g/mol. The Balaban J connectivity index is 2.18. The molecule has 1 saturated heterocycles. The molecule has 1 fully saturated rings. The summed E-state index contributed by atoms with van der Waals surface area (Å²) in [5.74, 6) is 0. The van der Waals surface area contributed by atoms with Gasteiger partial charge in [-0.15, -0.1) is 0 Å². The Morgan fingerprint density at radius 3 is 2.80 bits per heavy atom. The first kappa shape index (κ1) is 15.6. The monoisotopic (exact) mass is 296 g/mol. The summed E-state index contributed by atoms with van der Waals surface area (Å²) >= 11 is 6.14. The van der Waals surface area contributed by atoms with E-state index in [9.17, 15) is 5.11 Å². The Kier molecular flexibility index (Phi) is 4.95. The molecule has 2 rings (SSSR count). The average molecular weight is 297 g/mol. The highest BCUT2D eigenvalue weighted by molar-refractivity contribution is 6.30. The van der Waals surface area contributed by atoms with Crippen LogP contribution in [0.1, 0.15) is 39.2 Å². The van der Waals surface area contributed by atoms with E-state index in [-0.39, 0.29) is 11.6 Å². The molecule has 1 aliphatic rings. The molecule has 3 nitrogen and oxygen atoms in total. The summed E-state index contributed by atoms with van der Waals surface area (Å²) in [6.45, 7) is 8.96. The number of nitrogens with zero attached hydrogens (tertiary/aromatic N) is 1.